The summed E-state index contributed by atoms with van der Waals surface area (Å²) in [5.41, 5.74) is 0.363. The first kappa shape index (κ1) is 13.2. The van der Waals surface area contributed by atoms with Crippen molar-refractivity contribution in [2.24, 2.45) is 5.41 Å². The van der Waals surface area contributed by atoms with Gasteiger partial charge in [0.05, 0.1) is 0 Å². The van der Waals surface area contributed by atoms with Crippen LogP contribution in [0.2, 0.25) is 5.02 Å². The van der Waals surface area contributed by atoms with Crippen LogP contribution < -0.4 is 5.32 Å². The fourth-order valence-electron chi connectivity index (χ4n) is 1.72. The summed E-state index contributed by atoms with van der Waals surface area (Å²) in [6.45, 7) is 6.57. The molecule has 1 atom stereocenters. The lowest BCUT2D eigenvalue weighted by Gasteiger charge is -2.26. The molecule has 0 amide bonds. The average molecular weight is 242 g/mol. The van der Waals surface area contributed by atoms with Crippen molar-refractivity contribution < 1.29 is 4.39 Å². The Balaban J connectivity index is 2.98. The summed E-state index contributed by atoms with van der Waals surface area (Å²) in [7, 11) is 1.87. The zero-order chi connectivity index (χ0) is 12.2. The van der Waals surface area contributed by atoms with Gasteiger partial charge in [-0.2, -0.15) is 0 Å². The van der Waals surface area contributed by atoms with Crippen LogP contribution in [0.3, 0.4) is 0 Å². The molecule has 0 saturated carbocycles. The molecule has 16 heavy (non-hydrogen) atoms. The molecule has 0 radical (unpaired) electrons. The van der Waals surface area contributed by atoms with Gasteiger partial charge >= 0.3 is 0 Å². The Morgan fingerprint density at radius 3 is 2.75 bits per heavy atom. The topological polar surface area (TPSA) is 12.0 Å². The van der Waals surface area contributed by atoms with E-state index in [2.05, 4.69) is 11.9 Å². The third-order valence-corrected chi connectivity index (χ3v) is 3.07. The van der Waals surface area contributed by atoms with E-state index in [9.17, 15) is 4.39 Å². The molecule has 1 rings (SSSR count). The van der Waals surface area contributed by atoms with Gasteiger partial charge in [0.25, 0.3) is 0 Å². The van der Waals surface area contributed by atoms with Crippen molar-refractivity contribution in [3.63, 3.8) is 0 Å². The van der Waals surface area contributed by atoms with Gasteiger partial charge in [0, 0.05) is 22.5 Å². The molecule has 1 aromatic rings. The molecule has 0 aliphatic carbocycles. The highest BCUT2D eigenvalue weighted by Gasteiger charge is 2.23. The largest absolute Gasteiger partial charge is 0.319 e. The minimum atomic E-state index is -0.253. The van der Waals surface area contributed by atoms with Crippen LogP contribution in [0.15, 0.2) is 30.9 Å². The first-order valence-electron chi connectivity index (χ1n) is 5.23. The number of rotatable bonds is 5. The summed E-state index contributed by atoms with van der Waals surface area (Å²) in [5.74, 6) is -0.253. The molecule has 0 saturated heterocycles. The molecular formula is C13H17ClFN. The number of hydrogen-bond acceptors (Lipinski definition) is 1. The maximum atomic E-state index is 13.6. The minimum Gasteiger partial charge on any atom is -0.319 e. The molecule has 88 valence electrons. The van der Waals surface area contributed by atoms with Gasteiger partial charge in [-0.25, -0.2) is 4.39 Å². The molecule has 0 aromatic heterocycles. The number of nitrogens with one attached hydrogen (secondary N) is 1. The highest BCUT2D eigenvalue weighted by atomic mass is 35.5. The van der Waals surface area contributed by atoms with Crippen molar-refractivity contribution in [3.8, 4) is 0 Å². The van der Waals surface area contributed by atoms with E-state index in [1.54, 1.807) is 12.1 Å². The third-order valence-electron chi connectivity index (χ3n) is 2.72. The predicted octanol–water partition coefficient (Wildman–Crippen LogP) is 3.43. The van der Waals surface area contributed by atoms with Crippen LogP contribution in [0.4, 0.5) is 4.39 Å². The zero-order valence-electron chi connectivity index (χ0n) is 9.69. The van der Waals surface area contributed by atoms with Gasteiger partial charge in [0.1, 0.15) is 5.82 Å². The van der Waals surface area contributed by atoms with Gasteiger partial charge in [-0.05, 0) is 25.6 Å². The van der Waals surface area contributed by atoms with Crippen molar-refractivity contribution in [2.45, 2.75) is 13.3 Å². The Morgan fingerprint density at radius 1 is 1.56 bits per heavy atom. The molecule has 3 heteroatoms. The first-order valence-corrected chi connectivity index (χ1v) is 5.61. The van der Waals surface area contributed by atoms with E-state index >= 15 is 0 Å². The van der Waals surface area contributed by atoms with E-state index in [0.29, 0.717) is 17.0 Å². The van der Waals surface area contributed by atoms with Crippen LogP contribution in [0.25, 0.3) is 0 Å². The standard InChI is InChI=1S/C13H17ClFN/c1-4-13(2,9-16-3)8-10-11(14)6-5-7-12(10)15/h4-7,16H,1,8-9H2,2-3H3. The van der Waals surface area contributed by atoms with Crippen LogP contribution in [-0.4, -0.2) is 13.6 Å². The fraction of sp³-hybridized carbons (Fsp3) is 0.385. The summed E-state index contributed by atoms with van der Waals surface area (Å²) >= 11 is 6.00. The highest BCUT2D eigenvalue weighted by molar-refractivity contribution is 6.31. The van der Waals surface area contributed by atoms with E-state index in [1.165, 1.54) is 6.07 Å². The van der Waals surface area contributed by atoms with Crippen molar-refractivity contribution in [3.05, 3.63) is 47.3 Å². The van der Waals surface area contributed by atoms with Crippen molar-refractivity contribution in [2.75, 3.05) is 13.6 Å². The van der Waals surface area contributed by atoms with Crippen molar-refractivity contribution >= 4 is 11.6 Å². The second-order valence-electron chi connectivity index (χ2n) is 4.27. The molecule has 1 aromatic carbocycles. The SMILES string of the molecule is C=CC(C)(CNC)Cc1c(F)cccc1Cl. The molecule has 0 bridgehead atoms. The Kier molecular flexibility index (Phi) is 4.51. The van der Waals surface area contributed by atoms with Crippen LogP contribution in [0, 0.1) is 11.2 Å². The maximum absolute atomic E-state index is 13.6. The molecular weight excluding hydrogens is 225 g/mol. The lowest BCUT2D eigenvalue weighted by Crippen LogP contribution is -2.30. The lowest BCUT2D eigenvalue weighted by atomic mass is 9.83. The van der Waals surface area contributed by atoms with Crippen molar-refractivity contribution in [1.29, 1.82) is 0 Å². The van der Waals surface area contributed by atoms with Crippen LogP contribution in [0.1, 0.15) is 12.5 Å². The second kappa shape index (κ2) is 5.46. The van der Waals surface area contributed by atoms with E-state index in [0.717, 1.165) is 6.54 Å². The predicted molar refractivity (Wildman–Crippen MR) is 67.3 cm³/mol. The molecule has 0 fully saturated rings. The Morgan fingerprint density at radius 2 is 2.25 bits per heavy atom. The van der Waals surface area contributed by atoms with Gasteiger partial charge in [0.2, 0.25) is 0 Å². The maximum Gasteiger partial charge on any atom is 0.127 e. The number of benzene rings is 1. The van der Waals surface area contributed by atoms with Gasteiger partial charge in [0.15, 0.2) is 0 Å². The first-order chi connectivity index (χ1) is 7.52. The highest BCUT2D eigenvalue weighted by Crippen LogP contribution is 2.29. The summed E-state index contributed by atoms with van der Waals surface area (Å²) in [6.07, 6.45) is 2.38. The lowest BCUT2D eigenvalue weighted by molar-refractivity contribution is 0.399. The molecule has 0 aliphatic heterocycles. The van der Waals surface area contributed by atoms with E-state index in [-0.39, 0.29) is 11.2 Å². The Labute approximate surface area is 101 Å². The monoisotopic (exact) mass is 241 g/mol. The van der Waals surface area contributed by atoms with Crippen molar-refractivity contribution in [1.82, 2.24) is 5.32 Å². The minimum absolute atomic E-state index is 0.194. The molecule has 1 nitrogen and oxygen atoms in total. The summed E-state index contributed by atoms with van der Waals surface area (Å²) in [4.78, 5) is 0. The van der Waals surface area contributed by atoms with Crippen LogP contribution in [0.5, 0.6) is 0 Å². The fourth-order valence-corrected chi connectivity index (χ4v) is 1.95. The van der Waals surface area contributed by atoms with Gasteiger partial charge in [-0.15, -0.1) is 6.58 Å². The van der Waals surface area contributed by atoms with Gasteiger partial charge in [-0.3, -0.25) is 0 Å². The van der Waals surface area contributed by atoms with E-state index < -0.39 is 0 Å². The molecule has 0 spiro atoms. The summed E-state index contributed by atoms with van der Waals surface area (Å²) in [5, 5.41) is 3.56. The molecule has 0 aliphatic rings. The van der Waals surface area contributed by atoms with E-state index in [4.69, 9.17) is 11.6 Å². The molecule has 1 unspecified atom stereocenters. The zero-order valence-corrected chi connectivity index (χ0v) is 10.4. The smallest absolute Gasteiger partial charge is 0.127 e. The normalized spacial score (nSPS) is 14.5. The van der Waals surface area contributed by atoms with Crippen LogP contribution in [-0.2, 0) is 6.42 Å². The molecule has 1 N–H and O–H groups in total. The average Bonchev–Trinajstić information content (AvgIpc) is 2.24. The van der Waals surface area contributed by atoms with Crippen LogP contribution >= 0.6 is 11.6 Å². The quantitative estimate of drug-likeness (QED) is 0.779. The Bertz CT molecular complexity index is 358. The summed E-state index contributed by atoms with van der Waals surface area (Å²) in [6, 6.07) is 4.76. The van der Waals surface area contributed by atoms with E-state index in [1.807, 2.05) is 20.0 Å². The number of halogens is 2. The van der Waals surface area contributed by atoms with Gasteiger partial charge < -0.3 is 5.32 Å². The third kappa shape index (κ3) is 3.06. The second-order valence-corrected chi connectivity index (χ2v) is 4.67. The summed E-state index contributed by atoms with van der Waals surface area (Å²) < 4.78 is 13.6. The number of hydrogen-bond donors (Lipinski definition) is 1. The molecule has 0 heterocycles. The Hall–Kier alpha value is -0.860. The van der Waals surface area contributed by atoms with Gasteiger partial charge in [-0.1, -0.05) is 30.7 Å².